The fourth-order valence-corrected chi connectivity index (χ4v) is 0. The zero-order valence-corrected chi connectivity index (χ0v) is 12.4. The van der Waals surface area contributed by atoms with Crippen LogP contribution in [0.4, 0.5) is 0 Å². The smallest absolute Gasteiger partial charge is 0 e. The SMILES string of the molecule is [Mo].[Mo].[Se][Se].[W]. The molecule has 0 aromatic carbocycles. The van der Waals surface area contributed by atoms with Gasteiger partial charge in [-0.15, -0.1) is 0 Å². The van der Waals surface area contributed by atoms with Gasteiger partial charge in [0.2, 0.25) is 0 Å². The molecule has 0 atom stereocenters. The van der Waals surface area contributed by atoms with Crippen LogP contribution in [0, 0.1) is 0 Å². The van der Waals surface area contributed by atoms with Crippen LogP contribution in [0.15, 0.2) is 0 Å². The minimum Gasteiger partial charge on any atom is 0 e. The van der Waals surface area contributed by atoms with E-state index in [0.29, 0.717) is 0 Å². The average Bonchev–Trinajstić information content (AvgIpc) is 1.00. The number of hydrogen-bond donors (Lipinski definition) is 0. The summed E-state index contributed by atoms with van der Waals surface area (Å²) in [5.41, 5.74) is 0. The van der Waals surface area contributed by atoms with Gasteiger partial charge in [0, 0.05) is 63.2 Å². The molecule has 0 saturated heterocycles. The molecule has 0 saturated carbocycles. The second-order valence-corrected chi connectivity index (χ2v) is 0. The topological polar surface area (TPSA) is 0 Å². The van der Waals surface area contributed by atoms with Crippen molar-refractivity contribution >= 4 is 28.4 Å². The van der Waals surface area contributed by atoms with Crippen molar-refractivity contribution in [3.05, 3.63) is 0 Å². The molecule has 0 N–H and O–H groups in total. The van der Waals surface area contributed by atoms with Gasteiger partial charge in [0.25, 0.3) is 0 Å². The van der Waals surface area contributed by atoms with Gasteiger partial charge in [-0.25, -0.2) is 0 Å². The van der Waals surface area contributed by atoms with Gasteiger partial charge in [0.1, 0.15) is 0 Å². The standard InChI is InChI=1S/2Mo.Se2.W/c;;1-2;. The summed E-state index contributed by atoms with van der Waals surface area (Å²) < 4.78 is 0. The molecule has 0 nitrogen and oxygen atoms in total. The molecule has 0 rings (SSSR count). The molecule has 0 bridgehead atoms. The molecule has 0 aromatic rings. The zero-order valence-electron chi connectivity index (χ0n) is 2.04. The predicted octanol–water partition coefficient (Wildman–Crippen LogP) is -0.769. The van der Waals surface area contributed by atoms with Crippen LogP contribution in [-0.2, 0) is 63.2 Å². The predicted molar refractivity (Wildman–Crippen MR) is 11.5 cm³/mol. The summed E-state index contributed by atoms with van der Waals surface area (Å²) >= 11 is 5.00. The average molecular weight is 534 g/mol. The molecule has 2 radical (unpaired) electrons. The number of rotatable bonds is 0. The molecule has 0 heterocycles. The van der Waals surface area contributed by atoms with Gasteiger partial charge in [0.15, 0.2) is 0 Å². The maximum Gasteiger partial charge on any atom is 0 e. The fraction of sp³-hybridized carbons (Fsp3) is 0. The molecule has 0 aromatic heterocycles. The van der Waals surface area contributed by atoms with Gasteiger partial charge in [0.05, 0.1) is 0 Å². The van der Waals surface area contributed by atoms with Crippen molar-refractivity contribution in [3.63, 3.8) is 0 Å². The summed E-state index contributed by atoms with van der Waals surface area (Å²) in [4.78, 5) is 0. The van der Waals surface area contributed by atoms with E-state index in [1.54, 1.807) is 0 Å². The van der Waals surface area contributed by atoms with E-state index in [9.17, 15) is 0 Å². The largest absolute Gasteiger partial charge is 0 e. The van der Waals surface area contributed by atoms with Crippen LogP contribution >= 0.6 is 0 Å². The van der Waals surface area contributed by atoms with Crippen LogP contribution in [0.5, 0.6) is 0 Å². The van der Waals surface area contributed by atoms with E-state index in [1.165, 1.54) is 0 Å². The Morgan fingerprint density at radius 3 is 0.800 bits per heavy atom. The zero-order chi connectivity index (χ0) is 2.00. The Bertz CT molecular complexity index is 7.61. The molecular formula is Mo2Se2W. The molecule has 0 aliphatic heterocycles. The van der Waals surface area contributed by atoms with Crippen LogP contribution in [0.25, 0.3) is 0 Å². The first kappa shape index (κ1) is 24.3. The van der Waals surface area contributed by atoms with Gasteiger partial charge in [-0.3, -0.25) is 0 Å². The minimum atomic E-state index is 0. The molecule has 5 heavy (non-hydrogen) atoms. The molecule has 30 valence electrons. The van der Waals surface area contributed by atoms with Crippen LogP contribution in [0.2, 0.25) is 0 Å². The van der Waals surface area contributed by atoms with Gasteiger partial charge in [-0.2, -0.15) is 0 Å². The normalized spacial score (nSPS) is 1.20. The molecular weight excluding hydrogens is 534 g/mol. The van der Waals surface area contributed by atoms with Crippen LogP contribution in [0.3, 0.4) is 0 Å². The van der Waals surface area contributed by atoms with Gasteiger partial charge >= 0.3 is 28.4 Å². The maximum absolute atomic E-state index is 2.50. The van der Waals surface area contributed by atoms with Crippen molar-refractivity contribution in [1.29, 1.82) is 0 Å². The Labute approximate surface area is 90.0 Å². The van der Waals surface area contributed by atoms with Gasteiger partial charge < -0.3 is 0 Å². The summed E-state index contributed by atoms with van der Waals surface area (Å²) in [6.07, 6.45) is 0. The molecule has 0 amide bonds. The van der Waals surface area contributed by atoms with Crippen molar-refractivity contribution in [3.8, 4) is 0 Å². The minimum absolute atomic E-state index is 0. The third-order valence-corrected chi connectivity index (χ3v) is 0. The van der Waals surface area contributed by atoms with Crippen molar-refractivity contribution in [1.82, 2.24) is 0 Å². The summed E-state index contributed by atoms with van der Waals surface area (Å²) in [6, 6.07) is 0. The Morgan fingerprint density at radius 1 is 0.800 bits per heavy atom. The molecule has 0 spiro atoms. The van der Waals surface area contributed by atoms with E-state index in [2.05, 4.69) is 28.4 Å². The van der Waals surface area contributed by atoms with Crippen molar-refractivity contribution in [2.75, 3.05) is 0 Å². The van der Waals surface area contributed by atoms with Crippen molar-refractivity contribution in [2.45, 2.75) is 0 Å². The molecule has 0 aliphatic rings. The van der Waals surface area contributed by atoms with E-state index in [1.807, 2.05) is 0 Å². The van der Waals surface area contributed by atoms with E-state index >= 15 is 0 Å². The van der Waals surface area contributed by atoms with E-state index < -0.39 is 0 Å². The van der Waals surface area contributed by atoms with Gasteiger partial charge in [-0.1, -0.05) is 0 Å². The Kier molecular flexibility index (Phi) is 133. The Hall–Kier alpha value is 3.10. The quantitative estimate of drug-likeness (QED) is 0.359. The third-order valence-electron chi connectivity index (χ3n) is 0. The van der Waals surface area contributed by atoms with E-state index in [-0.39, 0.29) is 63.2 Å². The summed E-state index contributed by atoms with van der Waals surface area (Å²) in [5, 5.41) is 0. The second kappa shape index (κ2) is 27.5. The Balaban J connectivity index is -0.00000000167. The van der Waals surface area contributed by atoms with Gasteiger partial charge in [-0.05, 0) is 0 Å². The molecule has 0 aliphatic carbocycles. The van der Waals surface area contributed by atoms with E-state index in [4.69, 9.17) is 0 Å². The molecule has 5 heteroatoms. The monoisotopic (exact) mass is 540 g/mol. The van der Waals surface area contributed by atoms with E-state index in [0.717, 1.165) is 0 Å². The van der Waals surface area contributed by atoms with Crippen molar-refractivity contribution < 1.29 is 63.2 Å². The fourth-order valence-electron chi connectivity index (χ4n) is 0. The summed E-state index contributed by atoms with van der Waals surface area (Å²) in [6.45, 7) is 0. The second-order valence-electron chi connectivity index (χ2n) is 0. The van der Waals surface area contributed by atoms with Crippen molar-refractivity contribution in [2.24, 2.45) is 0 Å². The first-order valence-electron chi connectivity index (χ1n) is 0.167. The van der Waals surface area contributed by atoms with Crippen LogP contribution in [-0.4, -0.2) is 28.4 Å². The third kappa shape index (κ3) is 19.2. The Morgan fingerprint density at radius 2 is 0.800 bits per heavy atom. The number of hydrogen-bond acceptors (Lipinski definition) is 0. The van der Waals surface area contributed by atoms with Crippen LogP contribution in [0.1, 0.15) is 0 Å². The maximum atomic E-state index is 2.50. The molecule has 0 unspecified atom stereocenters. The first-order chi connectivity index (χ1) is 1.00. The summed E-state index contributed by atoms with van der Waals surface area (Å²) in [7, 11) is 0. The first-order valence-corrected chi connectivity index (χ1v) is 4.50. The van der Waals surface area contributed by atoms with Crippen LogP contribution < -0.4 is 0 Å². The summed E-state index contributed by atoms with van der Waals surface area (Å²) in [5.74, 6) is 0. The molecule has 0 fully saturated rings.